The van der Waals surface area contributed by atoms with E-state index >= 15 is 0 Å². The number of nitrogens with one attached hydrogen (secondary N) is 2. The van der Waals surface area contributed by atoms with Crippen LogP contribution in [0.2, 0.25) is 0 Å². The fourth-order valence-corrected chi connectivity index (χ4v) is 2.44. The second-order valence-corrected chi connectivity index (χ2v) is 4.55. The number of imide groups is 1. The minimum atomic E-state index is -0.279. The molecule has 2 heterocycles. The number of anilines is 1. The molecule has 1 aliphatic heterocycles. The monoisotopic (exact) mass is 243 g/mol. The van der Waals surface area contributed by atoms with Crippen molar-refractivity contribution in [2.45, 2.75) is 18.8 Å². The molecule has 1 aromatic heterocycles. The SMILES string of the molecule is Nc1ccc2[nH]cc(C3CCC(=O)NC3=O)c2c1. The molecule has 0 radical (unpaired) electrons. The van der Waals surface area contributed by atoms with Crippen molar-refractivity contribution in [2.75, 3.05) is 5.73 Å². The molecule has 1 unspecified atom stereocenters. The third-order valence-corrected chi connectivity index (χ3v) is 3.35. The van der Waals surface area contributed by atoms with Crippen LogP contribution in [0.5, 0.6) is 0 Å². The Kier molecular flexibility index (Phi) is 2.33. The van der Waals surface area contributed by atoms with Gasteiger partial charge in [0.25, 0.3) is 0 Å². The van der Waals surface area contributed by atoms with E-state index < -0.39 is 0 Å². The average Bonchev–Trinajstić information content (AvgIpc) is 2.72. The summed E-state index contributed by atoms with van der Waals surface area (Å²) in [6.07, 6.45) is 2.75. The standard InChI is InChI=1S/C13H13N3O2/c14-7-1-3-11-9(5-7)10(6-15-11)8-2-4-12(17)16-13(8)18/h1,3,5-6,8,15H,2,4,14H2,(H,16,17,18). The van der Waals surface area contributed by atoms with E-state index in [1.54, 1.807) is 0 Å². The average molecular weight is 243 g/mol. The van der Waals surface area contributed by atoms with Gasteiger partial charge in [-0.05, 0) is 30.2 Å². The Morgan fingerprint density at radius 2 is 2.11 bits per heavy atom. The Labute approximate surface area is 103 Å². The van der Waals surface area contributed by atoms with E-state index in [4.69, 9.17) is 5.73 Å². The van der Waals surface area contributed by atoms with Crippen molar-refractivity contribution in [2.24, 2.45) is 0 Å². The second-order valence-electron chi connectivity index (χ2n) is 4.55. The van der Waals surface area contributed by atoms with Gasteiger partial charge in [-0.25, -0.2) is 0 Å². The van der Waals surface area contributed by atoms with Gasteiger partial charge in [-0.1, -0.05) is 0 Å². The highest BCUT2D eigenvalue weighted by Crippen LogP contribution is 2.31. The van der Waals surface area contributed by atoms with Gasteiger partial charge in [0.2, 0.25) is 11.8 Å². The minimum absolute atomic E-state index is 0.199. The molecule has 5 heteroatoms. The zero-order valence-corrected chi connectivity index (χ0v) is 9.69. The van der Waals surface area contributed by atoms with Crippen LogP contribution in [0.3, 0.4) is 0 Å². The lowest BCUT2D eigenvalue weighted by molar-refractivity contribution is -0.134. The van der Waals surface area contributed by atoms with Gasteiger partial charge in [-0.3, -0.25) is 14.9 Å². The van der Waals surface area contributed by atoms with Crippen LogP contribution in [0.15, 0.2) is 24.4 Å². The van der Waals surface area contributed by atoms with E-state index in [1.165, 1.54) is 0 Å². The molecule has 3 rings (SSSR count). The Morgan fingerprint density at radius 3 is 2.89 bits per heavy atom. The van der Waals surface area contributed by atoms with Crippen molar-refractivity contribution in [1.82, 2.24) is 10.3 Å². The molecule has 1 saturated heterocycles. The molecule has 0 saturated carbocycles. The topological polar surface area (TPSA) is 88.0 Å². The van der Waals surface area contributed by atoms with Crippen molar-refractivity contribution in [3.63, 3.8) is 0 Å². The third-order valence-electron chi connectivity index (χ3n) is 3.35. The van der Waals surface area contributed by atoms with Crippen LogP contribution < -0.4 is 11.1 Å². The molecular formula is C13H13N3O2. The van der Waals surface area contributed by atoms with Crippen molar-refractivity contribution < 1.29 is 9.59 Å². The lowest BCUT2D eigenvalue weighted by Crippen LogP contribution is -2.39. The summed E-state index contributed by atoms with van der Waals surface area (Å²) in [5.41, 5.74) is 8.29. The number of rotatable bonds is 1. The van der Waals surface area contributed by atoms with Gasteiger partial charge < -0.3 is 10.7 Å². The first-order valence-electron chi connectivity index (χ1n) is 5.85. The molecule has 0 spiro atoms. The van der Waals surface area contributed by atoms with Crippen molar-refractivity contribution in [1.29, 1.82) is 0 Å². The van der Waals surface area contributed by atoms with Crippen molar-refractivity contribution in [3.8, 4) is 0 Å². The van der Waals surface area contributed by atoms with E-state index in [0.717, 1.165) is 16.5 Å². The molecule has 18 heavy (non-hydrogen) atoms. The molecule has 1 atom stereocenters. The van der Waals surface area contributed by atoms with Crippen LogP contribution in [-0.4, -0.2) is 16.8 Å². The fraction of sp³-hybridized carbons (Fsp3) is 0.231. The highest BCUT2D eigenvalue weighted by Gasteiger charge is 2.29. The van der Waals surface area contributed by atoms with Crippen LogP contribution in [-0.2, 0) is 9.59 Å². The number of benzene rings is 1. The number of nitrogen functional groups attached to an aromatic ring is 1. The summed E-state index contributed by atoms with van der Waals surface area (Å²) in [4.78, 5) is 26.1. The summed E-state index contributed by atoms with van der Waals surface area (Å²) in [7, 11) is 0. The van der Waals surface area contributed by atoms with Crippen LogP contribution in [0, 0.1) is 0 Å². The number of piperidine rings is 1. The zero-order chi connectivity index (χ0) is 12.7. The van der Waals surface area contributed by atoms with Crippen LogP contribution in [0.25, 0.3) is 10.9 Å². The second kappa shape index (κ2) is 3.87. The van der Waals surface area contributed by atoms with Crippen LogP contribution in [0.1, 0.15) is 24.3 Å². The fourth-order valence-electron chi connectivity index (χ4n) is 2.44. The molecule has 0 bridgehead atoms. The minimum Gasteiger partial charge on any atom is -0.399 e. The number of amides is 2. The smallest absolute Gasteiger partial charge is 0.234 e. The molecule has 92 valence electrons. The van der Waals surface area contributed by atoms with Gasteiger partial charge in [0.15, 0.2) is 0 Å². The number of fused-ring (bicyclic) bond motifs is 1. The number of carbonyl (C=O) groups excluding carboxylic acids is 2. The highest BCUT2D eigenvalue weighted by atomic mass is 16.2. The van der Waals surface area contributed by atoms with Gasteiger partial charge in [-0.15, -0.1) is 0 Å². The van der Waals surface area contributed by atoms with Gasteiger partial charge >= 0.3 is 0 Å². The quantitative estimate of drug-likeness (QED) is 0.520. The van der Waals surface area contributed by atoms with Gasteiger partial charge in [0.1, 0.15) is 0 Å². The van der Waals surface area contributed by atoms with E-state index in [-0.39, 0.29) is 17.7 Å². The molecule has 2 aromatic rings. The number of hydrogen-bond acceptors (Lipinski definition) is 3. The Balaban J connectivity index is 2.06. The molecule has 2 amide bonds. The van der Waals surface area contributed by atoms with Crippen LogP contribution in [0.4, 0.5) is 5.69 Å². The van der Waals surface area contributed by atoms with Gasteiger partial charge in [0.05, 0.1) is 5.92 Å². The molecule has 1 fully saturated rings. The number of hydrogen-bond donors (Lipinski definition) is 3. The van der Waals surface area contributed by atoms with Crippen molar-refractivity contribution >= 4 is 28.4 Å². The molecule has 5 nitrogen and oxygen atoms in total. The molecular weight excluding hydrogens is 230 g/mol. The first kappa shape index (κ1) is 10.8. The number of aromatic amines is 1. The number of aromatic nitrogens is 1. The Bertz CT molecular complexity index is 645. The first-order chi connectivity index (χ1) is 8.65. The summed E-state index contributed by atoms with van der Waals surface area (Å²) in [6, 6.07) is 5.55. The number of H-pyrrole nitrogens is 1. The predicted octanol–water partition coefficient (Wildman–Crippen LogP) is 1.27. The van der Waals surface area contributed by atoms with E-state index in [0.29, 0.717) is 18.5 Å². The Hall–Kier alpha value is -2.30. The molecule has 1 aromatic carbocycles. The predicted molar refractivity (Wildman–Crippen MR) is 67.8 cm³/mol. The maximum absolute atomic E-state index is 11.9. The molecule has 4 N–H and O–H groups in total. The lowest BCUT2D eigenvalue weighted by Gasteiger charge is -2.20. The molecule has 1 aliphatic rings. The van der Waals surface area contributed by atoms with Gasteiger partial charge in [0, 0.05) is 29.2 Å². The van der Waals surface area contributed by atoms with Crippen molar-refractivity contribution in [3.05, 3.63) is 30.0 Å². The maximum atomic E-state index is 11.9. The Morgan fingerprint density at radius 1 is 1.28 bits per heavy atom. The summed E-state index contributed by atoms with van der Waals surface area (Å²) in [5.74, 6) is -0.705. The number of nitrogens with two attached hydrogens (primary N) is 1. The lowest BCUT2D eigenvalue weighted by atomic mass is 9.90. The summed E-state index contributed by atoms with van der Waals surface area (Å²) in [6.45, 7) is 0. The molecule has 0 aliphatic carbocycles. The third kappa shape index (κ3) is 1.64. The maximum Gasteiger partial charge on any atom is 0.234 e. The number of carbonyl (C=O) groups is 2. The normalized spacial score (nSPS) is 20.1. The van der Waals surface area contributed by atoms with Crippen LogP contribution >= 0.6 is 0 Å². The largest absolute Gasteiger partial charge is 0.399 e. The van der Waals surface area contributed by atoms with E-state index in [1.807, 2.05) is 24.4 Å². The summed E-state index contributed by atoms with van der Waals surface area (Å²) in [5, 5.41) is 3.32. The first-order valence-corrected chi connectivity index (χ1v) is 5.85. The summed E-state index contributed by atoms with van der Waals surface area (Å²) < 4.78 is 0. The zero-order valence-electron chi connectivity index (χ0n) is 9.69. The van der Waals surface area contributed by atoms with E-state index in [9.17, 15) is 9.59 Å². The van der Waals surface area contributed by atoms with Gasteiger partial charge in [-0.2, -0.15) is 0 Å². The summed E-state index contributed by atoms with van der Waals surface area (Å²) >= 11 is 0. The highest BCUT2D eigenvalue weighted by molar-refractivity contribution is 6.03. The van der Waals surface area contributed by atoms with E-state index in [2.05, 4.69) is 10.3 Å².